The van der Waals surface area contributed by atoms with E-state index in [4.69, 9.17) is 23.2 Å². The van der Waals surface area contributed by atoms with Gasteiger partial charge in [-0.2, -0.15) is 9.78 Å². The summed E-state index contributed by atoms with van der Waals surface area (Å²) in [5.41, 5.74) is 1.74. The number of nitrogens with zero attached hydrogens (tertiary/aromatic N) is 5. The summed E-state index contributed by atoms with van der Waals surface area (Å²) in [6, 6.07) is 11.1. The summed E-state index contributed by atoms with van der Waals surface area (Å²) in [6.45, 7) is 1.85. The molecule has 1 aromatic carbocycles. The first kappa shape index (κ1) is 17.0. The Morgan fingerprint density at radius 2 is 2.08 bits per heavy atom. The van der Waals surface area contributed by atoms with Crippen LogP contribution in [0.3, 0.4) is 0 Å². The lowest BCUT2D eigenvalue weighted by atomic mass is 10.2. The van der Waals surface area contributed by atoms with Gasteiger partial charge in [-0.05, 0) is 36.8 Å². The molecule has 8 heteroatoms. The van der Waals surface area contributed by atoms with Crippen LogP contribution in [0, 0.1) is 6.92 Å². The normalized spacial score (nSPS) is 11.3. The monoisotopic (exact) mass is 377 g/mol. The maximum absolute atomic E-state index is 6.20. The average Bonchev–Trinajstić information content (AvgIpc) is 2.93. The zero-order chi connectivity index (χ0) is 16.9. The standard InChI is InChI=1S/C16H13Cl2N5S/c1-11-21-22-16(23(11)20-9-14-4-2-3-7-19-14)24-10-12-5-6-13(17)8-15(12)18/h2-9H,10H2,1H3/b20-9+. The Labute approximate surface area is 153 Å². The molecule has 24 heavy (non-hydrogen) atoms. The molecule has 0 saturated carbocycles. The molecule has 0 saturated heterocycles. The Balaban J connectivity index is 1.76. The zero-order valence-corrected chi connectivity index (χ0v) is 15.1. The van der Waals surface area contributed by atoms with Gasteiger partial charge in [0, 0.05) is 22.0 Å². The highest BCUT2D eigenvalue weighted by Crippen LogP contribution is 2.28. The van der Waals surface area contributed by atoms with Crippen LogP contribution in [-0.4, -0.2) is 26.1 Å². The van der Waals surface area contributed by atoms with Crippen LogP contribution in [0.25, 0.3) is 0 Å². The number of halogens is 2. The predicted molar refractivity (Wildman–Crippen MR) is 98.0 cm³/mol. The van der Waals surface area contributed by atoms with Gasteiger partial charge in [-0.15, -0.1) is 10.2 Å². The minimum Gasteiger partial charge on any atom is -0.255 e. The van der Waals surface area contributed by atoms with E-state index in [0.29, 0.717) is 26.8 Å². The molecule has 3 rings (SSSR count). The molecule has 0 fully saturated rings. The summed E-state index contributed by atoms with van der Waals surface area (Å²) in [6.07, 6.45) is 3.40. The SMILES string of the molecule is Cc1nnc(SCc2ccc(Cl)cc2Cl)n1/N=C/c1ccccn1. The van der Waals surface area contributed by atoms with Crippen LogP contribution >= 0.6 is 35.0 Å². The van der Waals surface area contributed by atoms with Crippen LogP contribution in [0.5, 0.6) is 0 Å². The molecule has 0 bridgehead atoms. The number of pyridine rings is 1. The first-order chi connectivity index (χ1) is 11.6. The number of aryl methyl sites for hydroxylation is 1. The lowest BCUT2D eigenvalue weighted by molar-refractivity contribution is 0.743. The van der Waals surface area contributed by atoms with Crippen LogP contribution in [0.4, 0.5) is 0 Å². The van der Waals surface area contributed by atoms with Crippen molar-refractivity contribution in [1.29, 1.82) is 0 Å². The summed E-state index contributed by atoms with van der Waals surface area (Å²) in [7, 11) is 0. The lowest BCUT2D eigenvalue weighted by Crippen LogP contribution is -1.97. The molecule has 2 heterocycles. The number of aromatic nitrogens is 4. The van der Waals surface area contributed by atoms with Gasteiger partial charge in [0.2, 0.25) is 5.16 Å². The van der Waals surface area contributed by atoms with E-state index >= 15 is 0 Å². The molecule has 0 spiro atoms. The van der Waals surface area contributed by atoms with E-state index in [1.807, 2.05) is 37.3 Å². The largest absolute Gasteiger partial charge is 0.255 e. The van der Waals surface area contributed by atoms with Crippen molar-refractivity contribution in [3.63, 3.8) is 0 Å². The van der Waals surface area contributed by atoms with Gasteiger partial charge in [-0.1, -0.05) is 47.1 Å². The first-order valence-corrected chi connectivity index (χ1v) is 8.82. The molecule has 2 aromatic heterocycles. The number of benzene rings is 1. The molecule has 0 unspecified atom stereocenters. The molecule has 3 aromatic rings. The molecule has 5 nitrogen and oxygen atoms in total. The third-order valence-electron chi connectivity index (χ3n) is 3.13. The van der Waals surface area contributed by atoms with E-state index in [0.717, 1.165) is 11.3 Å². The third-order valence-corrected chi connectivity index (χ3v) is 4.69. The van der Waals surface area contributed by atoms with Gasteiger partial charge in [-0.25, -0.2) is 0 Å². The van der Waals surface area contributed by atoms with Crippen LogP contribution in [-0.2, 0) is 5.75 Å². The maximum Gasteiger partial charge on any atom is 0.212 e. The number of hydrogen-bond donors (Lipinski definition) is 0. The van der Waals surface area contributed by atoms with Crippen LogP contribution in [0.2, 0.25) is 10.0 Å². The van der Waals surface area contributed by atoms with Crippen molar-refractivity contribution in [3.05, 3.63) is 69.7 Å². The summed E-state index contributed by atoms with van der Waals surface area (Å²) in [5, 5.41) is 14.6. The molecule has 0 N–H and O–H groups in total. The minimum atomic E-state index is 0.618. The van der Waals surface area contributed by atoms with Crippen molar-refractivity contribution < 1.29 is 0 Å². The second-order valence-corrected chi connectivity index (χ2v) is 6.65. The Kier molecular flexibility index (Phi) is 5.50. The van der Waals surface area contributed by atoms with E-state index in [1.54, 1.807) is 23.2 Å². The third kappa shape index (κ3) is 4.14. The number of rotatable bonds is 5. The van der Waals surface area contributed by atoms with Crippen molar-refractivity contribution in [2.45, 2.75) is 17.8 Å². The molecular formula is C16H13Cl2N5S. The highest BCUT2D eigenvalue weighted by Gasteiger charge is 2.10. The molecule has 0 radical (unpaired) electrons. The topological polar surface area (TPSA) is 56.0 Å². The van der Waals surface area contributed by atoms with Gasteiger partial charge in [0.05, 0.1) is 11.9 Å². The predicted octanol–water partition coefficient (Wildman–Crippen LogP) is 4.46. The van der Waals surface area contributed by atoms with E-state index in [1.165, 1.54) is 11.8 Å². The van der Waals surface area contributed by atoms with Crippen molar-refractivity contribution in [2.24, 2.45) is 5.10 Å². The highest BCUT2D eigenvalue weighted by molar-refractivity contribution is 7.98. The van der Waals surface area contributed by atoms with Gasteiger partial charge in [0.25, 0.3) is 0 Å². The summed E-state index contributed by atoms with van der Waals surface area (Å²) in [5.74, 6) is 1.35. The maximum atomic E-state index is 6.20. The number of thioether (sulfide) groups is 1. The Morgan fingerprint density at radius 3 is 2.83 bits per heavy atom. The van der Waals surface area contributed by atoms with E-state index in [9.17, 15) is 0 Å². The van der Waals surface area contributed by atoms with Crippen molar-refractivity contribution in [1.82, 2.24) is 19.9 Å². The van der Waals surface area contributed by atoms with Gasteiger partial charge in [0.15, 0.2) is 5.82 Å². The van der Waals surface area contributed by atoms with Crippen molar-refractivity contribution >= 4 is 41.2 Å². The lowest BCUT2D eigenvalue weighted by Gasteiger charge is -2.05. The summed E-state index contributed by atoms with van der Waals surface area (Å²) >= 11 is 13.6. The Morgan fingerprint density at radius 1 is 1.21 bits per heavy atom. The number of hydrogen-bond acceptors (Lipinski definition) is 5. The molecule has 0 aliphatic heterocycles. The fourth-order valence-electron chi connectivity index (χ4n) is 1.91. The van der Waals surface area contributed by atoms with Crippen LogP contribution < -0.4 is 0 Å². The van der Waals surface area contributed by atoms with Gasteiger partial charge in [-0.3, -0.25) is 4.98 Å². The molecule has 0 atom stereocenters. The van der Waals surface area contributed by atoms with E-state index in [2.05, 4.69) is 20.3 Å². The average molecular weight is 378 g/mol. The fraction of sp³-hybridized carbons (Fsp3) is 0.125. The second-order valence-electron chi connectivity index (χ2n) is 4.87. The minimum absolute atomic E-state index is 0.618. The van der Waals surface area contributed by atoms with Crippen LogP contribution in [0.1, 0.15) is 17.1 Å². The van der Waals surface area contributed by atoms with Gasteiger partial charge in [0.1, 0.15) is 0 Å². The molecular weight excluding hydrogens is 365 g/mol. The van der Waals surface area contributed by atoms with Gasteiger partial charge >= 0.3 is 0 Å². The van der Waals surface area contributed by atoms with Crippen LogP contribution in [0.15, 0.2) is 52.9 Å². The Bertz CT molecular complexity index is 864. The van der Waals surface area contributed by atoms with Gasteiger partial charge < -0.3 is 0 Å². The first-order valence-electron chi connectivity index (χ1n) is 7.07. The summed E-state index contributed by atoms with van der Waals surface area (Å²) < 4.78 is 1.68. The molecule has 0 aliphatic rings. The molecule has 0 aliphatic carbocycles. The zero-order valence-electron chi connectivity index (χ0n) is 12.7. The van der Waals surface area contributed by atoms with E-state index < -0.39 is 0 Å². The van der Waals surface area contributed by atoms with Crippen molar-refractivity contribution in [2.75, 3.05) is 0 Å². The highest BCUT2D eigenvalue weighted by atomic mass is 35.5. The fourth-order valence-corrected chi connectivity index (χ4v) is 3.40. The quantitative estimate of drug-likeness (QED) is 0.486. The van der Waals surface area contributed by atoms with E-state index in [-0.39, 0.29) is 0 Å². The smallest absolute Gasteiger partial charge is 0.212 e. The summed E-state index contributed by atoms with van der Waals surface area (Å²) in [4.78, 5) is 4.21. The van der Waals surface area contributed by atoms with Crippen molar-refractivity contribution in [3.8, 4) is 0 Å². The Hall–Kier alpha value is -1.89. The molecule has 122 valence electrons. The molecule has 0 amide bonds. The second kappa shape index (κ2) is 7.79.